The van der Waals surface area contributed by atoms with E-state index >= 15 is 0 Å². The van der Waals surface area contributed by atoms with Crippen LogP contribution in [0.4, 0.5) is 17.1 Å². The zero-order valence-electron chi connectivity index (χ0n) is 32.7. The molecule has 0 bridgehead atoms. The van der Waals surface area contributed by atoms with Crippen molar-refractivity contribution in [1.29, 1.82) is 0 Å². The van der Waals surface area contributed by atoms with E-state index in [1.54, 1.807) is 0 Å². The number of para-hydroxylation sites is 1. The Hall–Kier alpha value is -7.52. The summed E-state index contributed by atoms with van der Waals surface area (Å²) < 4.78 is 2.65. The van der Waals surface area contributed by atoms with Crippen LogP contribution in [0, 0.1) is 0 Å². The fraction of sp³-hybridized carbons (Fsp3) is 0. The average molecular weight is 780 g/mol. The van der Waals surface area contributed by atoms with E-state index in [9.17, 15) is 0 Å². The van der Waals surface area contributed by atoms with Gasteiger partial charge in [-0.25, -0.2) is 0 Å². The number of hydrogen-bond donors (Lipinski definition) is 0. The molecule has 1 nitrogen and oxygen atoms in total. The number of anilines is 3. The van der Waals surface area contributed by atoms with E-state index in [1.165, 1.54) is 96.6 Å². The molecule has 280 valence electrons. The monoisotopic (exact) mass is 779 g/mol. The van der Waals surface area contributed by atoms with Crippen LogP contribution in [-0.4, -0.2) is 0 Å². The maximum atomic E-state index is 2.44. The highest BCUT2D eigenvalue weighted by molar-refractivity contribution is 7.25. The van der Waals surface area contributed by atoms with Crippen LogP contribution in [0.15, 0.2) is 224 Å². The van der Waals surface area contributed by atoms with Gasteiger partial charge >= 0.3 is 0 Å². The summed E-state index contributed by atoms with van der Waals surface area (Å²) in [5.41, 5.74) is 10.5. The van der Waals surface area contributed by atoms with E-state index in [0.717, 1.165) is 17.1 Å². The second-order valence-electron chi connectivity index (χ2n) is 15.7. The highest BCUT2D eigenvalue weighted by Crippen LogP contribution is 2.46. The maximum absolute atomic E-state index is 2.44. The Labute approximate surface area is 352 Å². The normalized spacial score (nSPS) is 11.7. The van der Waals surface area contributed by atoms with Gasteiger partial charge in [0.25, 0.3) is 0 Å². The largest absolute Gasteiger partial charge is 0.310 e. The van der Waals surface area contributed by atoms with Crippen LogP contribution < -0.4 is 4.90 Å². The number of thiophene rings is 1. The van der Waals surface area contributed by atoms with Crippen LogP contribution in [0.5, 0.6) is 0 Å². The van der Waals surface area contributed by atoms with Crippen molar-refractivity contribution in [3.05, 3.63) is 224 Å². The van der Waals surface area contributed by atoms with Crippen molar-refractivity contribution in [3.63, 3.8) is 0 Å². The Bertz CT molecular complexity index is 3610. The van der Waals surface area contributed by atoms with Gasteiger partial charge in [0.1, 0.15) is 0 Å². The molecule has 0 aliphatic carbocycles. The van der Waals surface area contributed by atoms with E-state index < -0.39 is 0 Å². The van der Waals surface area contributed by atoms with Gasteiger partial charge in [0.15, 0.2) is 0 Å². The molecule has 0 radical (unpaired) electrons. The summed E-state index contributed by atoms with van der Waals surface area (Å²) >= 11 is 1.86. The number of nitrogens with zero attached hydrogens (tertiary/aromatic N) is 1. The minimum absolute atomic E-state index is 1.10. The van der Waals surface area contributed by atoms with Gasteiger partial charge in [0.05, 0.1) is 5.69 Å². The first-order valence-corrected chi connectivity index (χ1v) is 21.4. The van der Waals surface area contributed by atoms with Crippen LogP contribution in [-0.2, 0) is 0 Å². The van der Waals surface area contributed by atoms with Gasteiger partial charge in [-0.15, -0.1) is 11.3 Å². The van der Waals surface area contributed by atoms with Gasteiger partial charge in [0, 0.05) is 37.1 Å². The number of benzene rings is 11. The Morgan fingerprint density at radius 3 is 1.68 bits per heavy atom. The molecule has 0 saturated carbocycles. The lowest BCUT2D eigenvalue weighted by Crippen LogP contribution is -2.11. The molecule has 0 unspecified atom stereocenters. The van der Waals surface area contributed by atoms with Gasteiger partial charge < -0.3 is 4.90 Å². The van der Waals surface area contributed by atoms with E-state index in [-0.39, 0.29) is 0 Å². The standard InChI is InChI=1S/C58H37NS/c1-3-16-47-39(12-1)24-25-40-26-27-43(35-53(40)47)41-14-11-15-46(34-41)59(45-31-28-38(29-32-45)42-30-33-58-55(36-42)52-21-8-10-23-57(52)60-58)56-22-9-7-20-51(56)54-37-44-13-2-4-17-48(44)49-18-5-6-19-50(49)54/h1-37H. The van der Waals surface area contributed by atoms with Crippen molar-refractivity contribution in [3.8, 4) is 33.4 Å². The van der Waals surface area contributed by atoms with Gasteiger partial charge in [-0.05, 0) is 132 Å². The maximum Gasteiger partial charge on any atom is 0.0540 e. The van der Waals surface area contributed by atoms with Crippen LogP contribution in [0.1, 0.15) is 0 Å². The van der Waals surface area contributed by atoms with Crippen molar-refractivity contribution >= 4 is 91.7 Å². The molecule has 0 N–H and O–H groups in total. The lowest BCUT2D eigenvalue weighted by atomic mass is 9.92. The number of rotatable bonds is 6. The predicted molar refractivity (Wildman–Crippen MR) is 260 cm³/mol. The molecule has 60 heavy (non-hydrogen) atoms. The van der Waals surface area contributed by atoms with Crippen LogP contribution in [0.25, 0.3) is 96.6 Å². The first-order valence-electron chi connectivity index (χ1n) is 20.6. The van der Waals surface area contributed by atoms with Crippen molar-refractivity contribution in [2.24, 2.45) is 0 Å². The molecule has 0 amide bonds. The Morgan fingerprint density at radius 1 is 0.267 bits per heavy atom. The summed E-state index contributed by atoms with van der Waals surface area (Å²) in [6.07, 6.45) is 0. The second kappa shape index (κ2) is 14.1. The summed E-state index contributed by atoms with van der Waals surface area (Å²) in [5.74, 6) is 0. The lowest BCUT2D eigenvalue weighted by molar-refractivity contribution is 1.28. The summed E-state index contributed by atoms with van der Waals surface area (Å²) in [6.45, 7) is 0. The fourth-order valence-corrected chi connectivity index (χ4v) is 10.4. The summed E-state index contributed by atoms with van der Waals surface area (Å²) in [5, 5.41) is 12.7. The van der Waals surface area contributed by atoms with Crippen LogP contribution >= 0.6 is 11.3 Å². The SMILES string of the molecule is c1cc(-c2ccc3ccc4ccccc4c3c2)cc(N(c2ccc(-c3ccc4sc5ccccc5c4c3)cc2)c2ccccc2-c2cc3ccccc3c3ccccc23)c1. The molecule has 2 heteroatoms. The molecule has 12 rings (SSSR count). The molecule has 0 aliphatic heterocycles. The quantitative estimate of drug-likeness (QED) is 0.152. The molecule has 0 saturated heterocycles. The molecule has 12 aromatic rings. The third-order valence-corrected chi connectivity index (χ3v) is 13.4. The Balaban J connectivity index is 1.04. The molecule has 0 atom stereocenters. The first kappa shape index (κ1) is 34.5. The van der Waals surface area contributed by atoms with Gasteiger partial charge in [-0.2, -0.15) is 0 Å². The van der Waals surface area contributed by atoms with Crippen LogP contribution in [0.2, 0.25) is 0 Å². The van der Waals surface area contributed by atoms with E-state index in [1.807, 2.05) is 11.3 Å². The molecule has 1 aromatic heterocycles. The first-order chi connectivity index (χ1) is 29.7. The number of fused-ring (bicyclic) bond motifs is 9. The lowest BCUT2D eigenvalue weighted by Gasteiger charge is -2.29. The molecular weight excluding hydrogens is 743 g/mol. The minimum atomic E-state index is 1.10. The van der Waals surface area contributed by atoms with Crippen molar-refractivity contribution in [1.82, 2.24) is 0 Å². The molecule has 0 aliphatic rings. The average Bonchev–Trinajstić information content (AvgIpc) is 3.70. The van der Waals surface area contributed by atoms with Gasteiger partial charge in [-0.3, -0.25) is 0 Å². The Kier molecular flexibility index (Phi) is 8.11. The molecule has 0 fully saturated rings. The zero-order valence-corrected chi connectivity index (χ0v) is 33.5. The van der Waals surface area contributed by atoms with Gasteiger partial charge in [0.2, 0.25) is 0 Å². The molecule has 1 heterocycles. The van der Waals surface area contributed by atoms with Crippen molar-refractivity contribution in [2.45, 2.75) is 0 Å². The second-order valence-corrected chi connectivity index (χ2v) is 16.8. The molecule has 11 aromatic carbocycles. The van der Waals surface area contributed by atoms with E-state index in [2.05, 4.69) is 229 Å². The smallest absolute Gasteiger partial charge is 0.0540 e. The third kappa shape index (κ3) is 5.76. The molecule has 0 spiro atoms. The van der Waals surface area contributed by atoms with Crippen LogP contribution in [0.3, 0.4) is 0 Å². The predicted octanol–water partition coefficient (Wildman–Crippen LogP) is 17.1. The van der Waals surface area contributed by atoms with E-state index in [4.69, 9.17) is 0 Å². The van der Waals surface area contributed by atoms with Crippen molar-refractivity contribution in [2.75, 3.05) is 4.90 Å². The Morgan fingerprint density at radius 2 is 0.833 bits per heavy atom. The molecular formula is C58H37NS. The van der Waals surface area contributed by atoms with E-state index in [0.29, 0.717) is 0 Å². The fourth-order valence-electron chi connectivity index (χ4n) is 9.32. The zero-order chi connectivity index (χ0) is 39.6. The summed E-state index contributed by atoms with van der Waals surface area (Å²) in [6, 6.07) is 82.7. The number of hydrogen-bond acceptors (Lipinski definition) is 2. The summed E-state index contributed by atoms with van der Waals surface area (Å²) in [7, 11) is 0. The van der Waals surface area contributed by atoms with Gasteiger partial charge in [-0.1, -0.05) is 164 Å². The summed E-state index contributed by atoms with van der Waals surface area (Å²) in [4.78, 5) is 2.44. The van der Waals surface area contributed by atoms with Crippen molar-refractivity contribution < 1.29 is 0 Å². The minimum Gasteiger partial charge on any atom is -0.310 e. The third-order valence-electron chi connectivity index (χ3n) is 12.2. The highest BCUT2D eigenvalue weighted by Gasteiger charge is 2.20. The topological polar surface area (TPSA) is 3.24 Å². The highest BCUT2D eigenvalue weighted by atomic mass is 32.1.